The lowest BCUT2D eigenvalue weighted by Crippen LogP contribution is -2.42. The second-order valence-corrected chi connectivity index (χ2v) is 5.53. The van der Waals surface area contributed by atoms with Crippen molar-refractivity contribution in [3.8, 4) is 6.07 Å². The largest absolute Gasteiger partial charge is 0.370 e. The van der Waals surface area contributed by atoms with Gasteiger partial charge in [-0.25, -0.2) is 0 Å². The Balaban J connectivity index is 2.18. The summed E-state index contributed by atoms with van der Waals surface area (Å²) >= 11 is 3.50. The van der Waals surface area contributed by atoms with Crippen molar-refractivity contribution in [1.29, 1.82) is 5.26 Å². The molecule has 1 atom stereocenters. The smallest absolute Gasteiger partial charge is 0.224 e. The summed E-state index contributed by atoms with van der Waals surface area (Å²) in [6.45, 7) is 1.67. The Morgan fingerprint density at radius 2 is 2.37 bits per heavy atom. The van der Waals surface area contributed by atoms with Crippen LogP contribution in [0.5, 0.6) is 0 Å². The number of amides is 1. The number of nitriles is 1. The van der Waals surface area contributed by atoms with Gasteiger partial charge < -0.3 is 10.2 Å². The van der Waals surface area contributed by atoms with Crippen LogP contribution in [0.2, 0.25) is 0 Å². The molecule has 1 N–H and O–H groups in total. The van der Waals surface area contributed by atoms with Crippen molar-refractivity contribution in [3.05, 3.63) is 28.2 Å². The number of carbonyl (C=O) groups is 1. The van der Waals surface area contributed by atoms with Gasteiger partial charge in [-0.05, 0) is 47.0 Å². The van der Waals surface area contributed by atoms with Gasteiger partial charge in [0.15, 0.2) is 0 Å². The van der Waals surface area contributed by atoms with Crippen LogP contribution in [0.3, 0.4) is 0 Å². The van der Waals surface area contributed by atoms with Crippen LogP contribution in [0.1, 0.15) is 18.4 Å². The molecule has 19 heavy (non-hydrogen) atoms. The molecule has 1 fully saturated rings. The molecule has 5 heteroatoms. The van der Waals surface area contributed by atoms with Crippen LogP contribution in [-0.2, 0) is 4.79 Å². The first-order valence-corrected chi connectivity index (χ1v) is 7.11. The van der Waals surface area contributed by atoms with E-state index >= 15 is 0 Å². The fourth-order valence-corrected chi connectivity index (χ4v) is 3.08. The first kappa shape index (κ1) is 13.9. The second-order valence-electron chi connectivity index (χ2n) is 4.68. The maximum atomic E-state index is 11.7. The van der Waals surface area contributed by atoms with Crippen LogP contribution in [0.4, 0.5) is 5.69 Å². The maximum absolute atomic E-state index is 11.7. The maximum Gasteiger partial charge on any atom is 0.224 e. The Morgan fingerprint density at radius 3 is 3.00 bits per heavy atom. The third-order valence-corrected chi connectivity index (χ3v) is 4.09. The van der Waals surface area contributed by atoms with E-state index in [1.807, 2.05) is 18.2 Å². The van der Waals surface area contributed by atoms with Crippen molar-refractivity contribution in [2.75, 3.05) is 25.0 Å². The van der Waals surface area contributed by atoms with Gasteiger partial charge in [0.25, 0.3) is 0 Å². The van der Waals surface area contributed by atoms with E-state index in [9.17, 15) is 4.79 Å². The summed E-state index contributed by atoms with van der Waals surface area (Å²) in [5, 5.41) is 11.6. The van der Waals surface area contributed by atoms with E-state index < -0.39 is 0 Å². The van der Waals surface area contributed by atoms with Crippen LogP contribution < -0.4 is 10.2 Å². The number of hydrogen-bond acceptors (Lipinski definition) is 3. The van der Waals surface area contributed by atoms with Crippen LogP contribution in [-0.4, -0.2) is 26.0 Å². The minimum atomic E-state index is 0.0429. The SMILES string of the molecule is CNC(=O)C1CCCN(c2ccc(C#N)cc2Br)C1. The average Bonchev–Trinajstić information content (AvgIpc) is 2.46. The van der Waals surface area contributed by atoms with E-state index in [0.717, 1.165) is 36.1 Å². The zero-order valence-corrected chi connectivity index (χ0v) is 12.4. The van der Waals surface area contributed by atoms with E-state index in [1.165, 1.54) is 0 Å². The van der Waals surface area contributed by atoms with E-state index in [2.05, 4.69) is 32.2 Å². The Morgan fingerprint density at radius 1 is 1.58 bits per heavy atom. The summed E-state index contributed by atoms with van der Waals surface area (Å²) in [6, 6.07) is 7.69. The fraction of sp³-hybridized carbons (Fsp3) is 0.429. The monoisotopic (exact) mass is 321 g/mol. The Bertz CT molecular complexity index is 524. The minimum absolute atomic E-state index is 0.0429. The van der Waals surface area contributed by atoms with Gasteiger partial charge >= 0.3 is 0 Å². The van der Waals surface area contributed by atoms with Gasteiger partial charge in [-0.1, -0.05) is 0 Å². The molecule has 1 saturated heterocycles. The number of rotatable bonds is 2. The van der Waals surface area contributed by atoms with Crippen molar-refractivity contribution in [2.45, 2.75) is 12.8 Å². The molecule has 4 nitrogen and oxygen atoms in total. The van der Waals surface area contributed by atoms with Crippen molar-refractivity contribution < 1.29 is 4.79 Å². The van der Waals surface area contributed by atoms with Gasteiger partial charge in [0.1, 0.15) is 0 Å². The lowest BCUT2D eigenvalue weighted by atomic mass is 9.96. The predicted octanol–water partition coefficient (Wildman–Crippen LogP) is 2.28. The molecular formula is C14H16BrN3O. The molecule has 0 aliphatic carbocycles. The standard InChI is InChI=1S/C14H16BrN3O/c1-17-14(19)11-3-2-6-18(9-11)13-5-4-10(8-16)7-12(13)15/h4-5,7,11H,2-3,6,9H2,1H3,(H,17,19). The normalized spacial score (nSPS) is 18.8. The summed E-state index contributed by atoms with van der Waals surface area (Å²) in [5.41, 5.74) is 1.68. The van der Waals surface area contributed by atoms with Crippen molar-refractivity contribution in [3.63, 3.8) is 0 Å². The first-order chi connectivity index (χ1) is 9.15. The van der Waals surface area contributed by atoms with Crippen LogP contribution in [0.15, 0.2) is 22.7 Å². The van der Waals surface area contributed by atoms with E-state index in [-0.39, 0.29) is 11.8 Å². The van der Waals surface area contributed by atoms with Crippen LogP contribution >= 0.6 is 15.9 Å². The van der Waals surface area contributed by atoms with Gasteiger partial charge in [-0.2, -0.15) is 5.26 Å². The molecule has 1 aliphatic rings. The number of halogens is 1. The number of hydrogen-bond donors (Lipinski definition) is 1. The highest BCUT2D eigenvalue weighted by Crippen LogP contribution is 2.30. The number of anilines is 1. The fourth-order valence-electron chi connectivity index (χ4n) is 2.45. The molecule has 0 radical (unpaired) electrons. The van der Waals surface area contributed by atoms with Crippen molar-refractivity contribution in [1.82, 2.24) is 5.32 Å². The molecule has 1 unspecified atom stereocenters. The average molecular weight is 322 g/mol. The Labute approximate surface area is 121 Å². The molecule has 1 aromatic carbocycles. The summed E-state index contributed by atoms with van der Waals surface area (Å²) in [6.07, 6.45) is 1.94. The number of benzene rings is 1. The van der Waals surface area contributed by atoms with Gasteiger partial charge in [0.05, 0.1) is 23.2 Å². The molecule has 1 amide bonds. The summed E-state index contributed by atoms with van der Waals surface area (Å²) < 4.78 is 0.907. The molecule has 1 heterocycles. The highest BCUT2D eigenvalue weighted by Gasteiger charge is 2.26. The second kappa shape index (κ2) is 6.07. The van der Waals surface area contributed by atoms with E-state index in [4.69, 9.17) is 5.26 Å². The molecule has 1 aromatic rings. The summed E-state index contributed by atoms with van der Waals surface area (Å²) in [5.74, 6) is 0.149. The predicted molar refractivity (Wildman–Crippen MR) is 77.9 cm³/mol. The first-order valence-electron chi connectivity index (χ1n) is 6.32. The summed E-state index contributed by atoms with van der Waals surface area (Å²) in [7, 11) is 1.68. The lowest BCUT2D eigenvalue weighted by molar-refractivity contribution is -0.124. The van der Waals surface area contributed by atoms with Gasteiger partial charge in [-0.15, -0.1) is 0 Å². The molecule has 0 saturated carbocycles. The van der Waals surface area contributed by atoms with E-state index in [1.54, 1.807) is 7.05 Å². The molecule has 100 valence electrons. The topological polar surface area (TPSA) is 56.1 Å². The minimum Gasteiger partial charge on any atom is -0.370 e. The Kier molecular flexibility index (Phi) is 4.43. The molecule has 0 aromatic heterocycles. The van der Waals surface area contributed by atoms with Crippen molar-refractivity contribution >= 4 is 27.5 Å². The van der Waals surface area contributed by atoms with Gasteiger partial charge in [0.2, 0.25) is 5.91 Å². The van der Waals surface area contributed by atoms with Crippen LogP contribution in [0, 0.1) is 17.2 Å². The quantitative estimate of drug-likeness (QED) is 0.909. The van der Waals surface area contributed by atoms with Gasteiger partial charge in [0, 0.05) is 24.6 Å². The third kappa shape index (κ3) is 3.07. The summed E-state index contributed by atoms with van der Waals surface area (Å²) in [4.78, 5) is 13.9. The molecule has 2 rings (SSSR count). The highest BCUT2D eigenvalue weighted by molar-refractivity contribution is 9.10. The van der Waals surface area contributed by atoms with Crippen molar-refractivity contribution in [2.24, 2.45) is 5.92 Å². The van der Waals surface area contributed by atoms with Crippen LogP contribution in [0.25, 0.3) is 0 Å². The highest BCUT2D eigenvalue weighted by atomic mass is 79.9. The lowest BCUT2D eigenvalue weighted by Gasteiger charge is -2.34. The zero-order valence-electron chi connectivity index (χ0n) is 10.8. The molecular weight excluding hydrogens is 306 g/mol. The molecule has 1 aliphatic heterocycles. The Hall–Kier alpha value is -1.54. The molecule has 0 spiro atoms. The molecule has 0 bridgehead atoms. The number of nitrogens with one attached hydrogen (secondary N) is 1. The number of carbonyl (C=O) groups excluding carboxylic acids is 1. The third-order valence-electron chi connectivity index (χ3n) is 3.46. The van der Waals surface area contributed by atoms with Gasteiger partial charge in [-0.3, -0.25) is 4.79 Å². The number of nitrogens with zero attached hydrogens (tertiary/aromatic N) is 2. The zero-order chi connectivity index (χ0) is 13.8. The number of piperidine rings is 1. The van der Waals surface area contributed by atoms with E-state index in [0.29, 0.717) is 5.56 Å².